The molecule has 1 N–H and O–H groups in total. The number of fused-ring (bicyclic) bond motifs is 1. The van der Waals surface area contributed by atoms with Gasteiger partial charge in [-0.25, -0.2) is 15.0 Å². The Kier molecular flexibility index (Phi) is 4.69. The highest BCUT2D eigenvalue weighted by Gasteiger charge is 2.23. The van der Waals surface area contributed by atoms with Crippen LogP contribution >= 0.6 is 0 Å². The molecule has 1 saturated carbocycles. The minimum absolute atomic E-state index is 0.812. The molecule has 3 heterocycles. The minimum atomic E-state index is 0.812. The van der Waals surface area contributed by atoms with Gasteiger partial charge < -0.3 is 14.8 Å². The van der Waals surface area contributed by atoms with Gasteiger partial charge in [0.2, 0.25) is 0 Å². The monoisotopic (exact) mass is 374 g/mol. The molecule has 144 valence electrons. The Morgan fingerprint density at radius 2 is 1.96 bits per heavy atom. The second-order valence-corrected chi connectivity index (χ2v) is 7.82. The molecule has 1 aliphatic heterocycles. The summed E-state index contributed by atoms with van der Waals surface area (Å²) in [6.07, 6.45) is 8.38. The Labute approximate surface area is 165 Å². The van der Waals surface area contributed by atoms with Gasteiger partial charge in [0.05, 0.1) is 18.6 Å². The summed E-state index contributed by atoms with van der Waals surface area (Å²) >= 11 is 0. The minimum Gasteiger partial charge on any atom is -0.370 e. The van der Waals surface area contributed by atoms with E-state index < -0.39 is 0 Å². The zero-order chi connectivity index (χ0) is 18.8. The fraction of sp³-hybridized carbons (Fsp3) is 0.409. The zero-order valence-electron chi connectivity index (χ0n) is 16.1. The van der Waals surface area contributed by atoms with Gasteiger partial charge in [-0.2, -0.15) is 0 Å². The molecule has 2 aliphatic rings. The number of nitrogens with one attached hydrogen (secondary N) is 1. The summed E-state index contributed by atoms with van der Waals surface area (Å²) in [6.45, 7) is 3.78. The van der Waals surface area contributed by atoms with Crippen molar-refractivity contribution in [1.82, 2.24) is 19.5 Å². The van der Waals surface area contributed by atoms with Crippen LogP contribution in [0, 0.1) is 5.92 Å². The first-order chi connectivity index (χ1) is 13.8. The third kappa shape index (κ3) is 3.86. The zero-order valence-corrected chi connectivity index (χ0v) is 16.1. The Morgan fingerprint density at radius 3 is 2.82 bits per heavy atom. The van der Waals surface area contributed by atoms with Gasteiger partial charge in [0.15, 0.2) is 0 Å². The Morgan fingerprint density at radius 1 is 1.07 bits per heavy atom. The predicted octanol–water partition coefficient (Wildman–Crippen LogP) is 3.30. The standard InChI is InChI=1S/C22H26N6/c1-2-4-17(5-3-1)8-10-28-16-26-19-14-27(11-9-20(19)28)22-12-21(24-15-25-22)23-13-18-6-7-18/h1-5,12,15-16,18H,6-11,13-14H2,(H,23,24,25). The van der Waals surface area contributed by atoms with Gasteiger partial charge in [-0.1, -0.05) is 30.3 Å². The maximum absolute atomic E-state index is 4.70. The van der Waals surface area contributed by atoms with Crippen molar-refractivity contribution in [3.63, 3.8) is 0 Å². The topological polar surface area (TPSA) is 58.9 Å². The van der Waals surface area contributed by atoms with Crippen LogP contribution in [0.25, 0.3) is 0 Å². The van der Waals surface area contributed by atoms with Gasteiger partial charge in [0, 0.05) is 37.8 Å². The quantitative estimate of drug-likeness (QED) is 0.688. The van der Waals surface area contributed by atoms with Crippen molar-refractivity contribution in [2.75, 3.05) is 23.3 Å². The molecule has 2 aromatic heterocycles. The summed E-state index contributed by atoms with van der Waals surface area (Å²) in [7, 11) is 0. The van der Waals surface area contributed by atoms with Crippen molar-refractivity contribution >= 4 is 11.6 Å². The lowest BCUT2D eigenvalue weighted by molar-refractivity contribution is 0.622. The van der Waals surface area contributed by atoms with Crippen LogP contribution < -0.4 is 10.2 Å². The van der Waals surface area contributed by atoms with Crippen LogP contribution in [0.3, 0.4) is 0 Å². The van der Waals surface area contributed by atoms with E-state index in [1.165, 1.54) is 29.8 Å². The summed E-state index contributed by atoms with van der Waals surface area (Å²) in [6, 6.07) is 12.7. The SMILES string of the molecule is c1ccc(CCn2cnc3c2CCN(c2cc(NCC4CC4)ncn2)C3)cc1. The molecular weight excluding hydrogens is 348 g/mol. The van der Waals surface area contributed by atoms with Crippen LogP contribution in [0.4, 0.5) is 11.6 Å². The van der Waals surface area contributed by atoms with Crippen molar-refractivity contribution in [3.05, 3.63) is 66.0 Å². The van der Waals surface area contributed by atoms with Crippen LogP contribution in [0.2, 0.25) is 0 Å². The summed E-state index contributed by atoms with van der Waals surface area (Å²) in [5.41, 5.74) is 3.91. The lowest BCUT2D eigenvalue weighted by Crippen LogP contribution is -2.32. The van der Waals surface area contributed by atoms with Crippen LogP contribution in [0.1, 0.15) is 29.8 Å². The number of aromatic nitrogens is 4. The smallest absolute Gasteiger partial charge is 0.134 e. The highest BCUT2D eigenvalue weighted by Crippen LogP contribution is 2.29. The van der Waals surface area contributed by atoms with E-state index in [9.17, 15) is 0 Å². The molecule has 28 heavy (non-hydrogen) atoms. The number of anilines is 2. The Balaban J connectivity index is 1.24. The molecule has 1 aliphatic carbocycles. The molecule has 0 amide bonds. The molecule has 0 unspecified atom stereocenters. The Hall–Kier alpha value is -2.89. The maximum atomic E-state index is 4.70. The number of hydrogen-bond donors (Lipinski definition) is 1. The molecule has 0 saturated heterocycles. The van der Waals surface area contributed by atoms with Crippen LogP contribution in [-0.4, -0.2) is 32.6 Å². The molecule has 1 fully saturated rings. The highest BCUT2D eigenvalue weighted by molar-refractivity contribution is 5.49. The van der Waals surface area contributed by atoms with Crippen LogP contribution in [0.5, 0.6) is 0 Å². The van der Waals surface area contributed by atoms with E-state index in [0.717, 1.165) is 56.6 Å². The predicted molar refractivity (Wildman–Crippen MR) is 110 cm³/mol. The summed E-state index contributed by atoms with van der Waals surface area (Å²) in [5.74, 6) is 2.74. The van der Waals surface area contributed by atoms with Crippen molar-refractivity contribution in [2.24, 2.45) is 5.92 Å². The number of benzene rings is 1. The first kappa shape index (κ1) is 17.2. The van der Waals surface area contributed by atoms with E-state index in [-0.39, 0.29) is 0 Å². The average molecular weight is 374 g/mol. The molecule has 3 aromatic rings. The van der Waals surface area contributed by atoms with Gasteiger partial charge in [-0.15, -0.1) is 0 Å². The number of nitrogens with zero attached hydrogens (tertiary/aromatic N) is 5. The van der Waals surface area contributed by atoms with Gasteiger partial charge in [0.25, 0.3) is 0 Å². The lowest BCUT2D eigenvalue weighted by Gasteiger charge is -2.28. The van der Waals surface area contributed by atoms with E-state index in [4.69, 9.17) is 4.98 Å². The van der Waals surface area contributed by atoms with Crippen molar-refractivity contribution < 1.29 is 0 Å². The summed E-state index contributed by atoms with van der Waals surface area (Å²) in [5, 5.41) is 3.44. The molecule has 6 nitrogen and oxygen atoms in total. The first-order valence-corrected chi connectivity index (χ1v) is 10.2. The van der Waals surface area contributed by atoms with Gasteiger partial charge in [-0.3, -0.25) is 0 Å². The van der Waals surface area contributed by atoms with Gasteiger partial charge in [0.1, 0.15) is 18.0 Å². The van der Waals surface area contributed by atoms with Crippen molar-refractivity contribution in [2.45, 2.75) is 38.8 Å². The molecule has 0 atom stereocenters. The third-order valence-corrected chi connectivity index (χ3v) is 5.72. The molecular formula is C22H26N6. The fourth-order valence-corrected chi connectivity index (χ4v) is 3.84. The highest BCUT2D eigenvalue weighted by atomic mass is 15.2. The number of aryl methyl sites for hydroxylation is 2. The van der Waals surface area contributed by atoms with E-state index in [1.807, 2.05) is 6.33 Å². The van der Waals surface area contributed by atoms with Crippen molar-refractivity contribution in [1.29, 1.82) is 0 Å². The molecule has 1 aromatic carbocycles. The fourth-order valence-electron chi connectivity index (χ4n) is 3.84. The van der Waals surface area contributed by atoms with E-state index in [0.29, 0.717) is 0 Å². The lowest BCUT2D eigenvalue weighted by atomic mass is 10.1. The maximum Gasteiger partial charge on any atom is 0.134 e. The first-order valence-electron chi connectivity index (χ1n) is 10.2. The molecule has 0 spiro atoms. The normalized spacial score (nSPS) is 16.1. The van der Waals surface area contributed by atoms with Crippen molar-refractivity contribution in [3.8, 4) is 0 Å². The van der Waals surface area contributed by atoms with Gasteiger partial charge in [-0.05, 0) is 30.7 Å². The largest absolute Gasteiger partial charge is 0.370 e. The van der Waals surface area contributed by atoms with Crippen LogP contribution in [0.15, 0.2) is 49.1 Å². The second-order valence-electron chi connectivity index (χ2n) is 7.82. The molecule has 0 bridgehead atoms. The van der Waals surface area contributed by atoms with E-state index >= 15 is 0 Å². The van der Waals surface area contributed by atoms with Gasteiger partial charge >= 0.3 is 0 Å². The summed E-state index contributed by atoms with van der Waals surface area (Å²) in [4.78, 5) is 15.9. The van der Waals surface area contributed by atoms with E-state index in [2.05, 4.69) is 61.1 Å². The molecule has 6 heteroatoms. The van der Waals surface area contributed by atoms with E-state index in [1.54, 1.807) is 6.33 Å². The van der Waals surface area contributed by atoms with Crippen LogP contribution in [-0.2, 0) is 25.9 Å². The second kappa shape index (κ2) is 7.62. The number of imidazole rings is 1. The Bertz CT molecular complexity index is 931. The molecule has 0 radical (unpaired) electrons. The summed E-state index contributed by atoms with van der Waals surface area (Å²) < 4.78 is 2.32. The molecule has 5 rings (SSSR count). The number of rotatable bonds is 7. The average Bonchev–Trinajstić information content (AvgIpc) is 3.50. The number of hydrogen-bond acceptors (Lipinski definition) is 5. The third-order valence-electron chi connectivity index (χ3n) is 5.72.